The number of hydrogen-bond donors (Lipinski definition) is 1. The van der Waals surface area contributed by atoms with Crippen LogP contribution in [0.15, 0.2) is 18.2 Å². The minimum absolute atomic E-state index is 0.158. The monoisotopic (exact) mass is 401 g/mol. The molecule has 1 rings (SSSR count). The molecule has 1 amide bonds. The Morgan fingerprint density at radius 1 is 0.929 bits per heavy atom. The first-order valence-corrected chi connectivity index (χ1v) is 8.13. The maximum absolute atomic E-state index is 13.3. The average Bonchev–Trinajstić information content (AvgIpc) is 2.67. The lowest BCUT2D eigenvalue weighted by molar-refractivity contribution is -0.163. The van der Waals surface area contributed by atoms with Gasteiger partial charge in [0.15, 0.2) is 17.6 Å². The second-order valence-corrected chi connectivity index (χ2v) is 5.88. The molecule has 0 saturated carbocycles. The lowest BCUT2D eigenvalue weighted by Crippen LogP contribution is -2.51. The van der Waals surface area contributed by atoms with Crippen LogP contribution in [0.2, 0.25) is 0 Å². The molecule has 0 aliphatic heterocycles. The molecule has 0 bridgehead atoms. The van der Waals surface area contributed by atoms with E-state index in [1.54, 1.807) is 0 Å². The fourth-order valence-corrected chi connectivity index (χ4v) is 2.56. The minimum atomic E-state index is -1.50. The number of halogens is 2. The third kappa shape index (κ3) is 5.73. The van der Waals surface area contributed by atoms with Gasteiger partial charge < -0.3 is 19.5 Å². The molecule has 0 aromatic heterocycles. The molecular formula is C18H21F2NO7. The van der Waals surface area contributed by atoms with Crippen molar-refractivity contribution < 1.29 is 42.2 Å². The van der Waals surface area contributed by atoms with E-state index in [-0.39, 0.29) is 12.0 Å². The summed E-state index contributed by atoms with van der Waals surface area (Å²) in [5, 5.41) is 2.34. The molecule has 10 heteroatoms. The number of methoxy groups -OCH3 is 3. The zero-order valence-corrected chi connectivity index (χ0v) is 15.8. The average molecular weight is 401 g/mol. The summed E-state index contributed by atoms with van der Waals surface area (Å²) in [4.78, 5) is 48.3. The first-order valence-electron chi connectivity index (χ1n) is 8.13. The van der Waals surface area contributed by atoms with Crippen LogP contribution >= 0.6 is 0 Å². The Kier molecular flexibility index (Phi) is 8.49. The van der Waals surface area contributed by atoms with Crippen LogP contribution in [0.3, 0.4) is 0 Å². The molecule has 0 aliphatic rings. The van der Waals surface area contributed by atoms with Crippen LogP contribution < -0.4 is 5.32 Å². The molecule has 0 unspecified atom stereocenters. The fourth-order valence-electron chi connectivity index (χ4n) is 2.56. The van der Waals surface area contributed by atoms with E-state index in [1.165, 1.54) is 13.0 Å². The Morgan fingerprint density at radius 2 is 1.46 bits per heavy atom. The number of esters is 3. The van der Waals surface area contributed by atoms with Crippen LogP contribution in [-0.4, -0.2) is 51.2 Å². The second-order valence-electron chi connectivity index (χ2n) is 5.88. The molecule has 8 nitrogen and oxygen atoms in total. The van der Waals surface area contributed by atoms with Crippen molar-refractivity contribution in [3.63, 3.8) is 0 Å². The highest BCUT2D eigenvalue weighted by atomic mass is 19.2. The van der Waals surface area contributed by atoms with E-state index in [4.69, 9.17) is 0 Å². The number of amides is 1. The zero-order chi connectivity index (χ0) is 21.4. The molecule has 0 saturated heterocycles. The van der Waals surface area contributed by atoms with Gasteiger partial charge in [-0.1, -0.05) is 13.0 Å². The largest absolute Gasteiger partial charge is 0.468 e. The van der Waals surface area contributed by atoms with Crippen molar-refractivity contribution in [1.82, 2.24) is 5.32 Å². The van der Waals surface area contributed by atoms with Crippen molar-refractivity contribution in [2.75, 3.05) is 21.3 Å². The Balaban J connectivity index is 3.04. The third-order valence-corrected chi connectivity index (χ3v) is 4.08. The van der Waals surface area contributed by atoms with Gasteiger partial charge in [0.2, 0.25) is 5.91 Å². The van der Waals surface area contributed by atoms with E-state index >= 15 is 0 Å². The van der Waals surface area contributed by atoms with Crippen molar-refractivity contribution in [2.24, 2.45) is 11.8 Å². The molecule has 0 spiro atoms. The van der Waals surface area contributed by atoms with E-state index in [9.17, 15) is 28.0 Å². The molecule has 0 aliphatic carbocycles. The number of benzene rings is 1. The Hall–Kier alpha value is -3.04. The van der Waals surface area contributed by atoms with E-state index in [1.807, 2.05) is 0 Å². The zero-order valence-electron chi connectivity index (χ0n) is 15.8. The lowest BCUT2D eigenvalue weighted by Gasteiger charge is -2.27. The smallest absolute Gasteiger partial charge is 0.328 e. The van der Waals surface area contributed by atoms with Gasteiger partial charge in [-0.15, -0.1) is 0 Å². The number of carbonyl (C=O) groups is 4. The van der Waals surface area contributed by atoms with Crippen molar-refractivity contribution in [2.45, 2.75) is 19.4 Å². The molecule has 1 aromatic carbocycles. The highest BCUT2D eigenvalue weighted by Crippen LogP contribution is 2.21. The summed E-state index contributed by atoms with van der Waals surface area (Å²) in [6, 6.07) is 1.52. The molecule has 0 heterocycles. The van der Waals surface area contributed by atoms with Crippen LogP contribution in [0.25, 0.3) is 0 Å². The summed E-state index contributed by atoms with van der Waals surface area (Å²) < 4.78 is 40.0. The summed E-state index contributed by atoms with van der Waals surface area (Å²) in [6.07, 6.45) is -0.376. The summed E-state index contributed by atoms with van der Waals surface area (Å²) in [6.45, 7) is 1.36. The Morgan fingerprint density at radius 3 is 1.93 bits per heavy atom. The van der Waals surface area contributed by atoms with Gasteiger partial charge in [0, 0.05) is 5.92 Å². The van der Waals surface area contributed by atoms with Gasteiger partial charge in [-0.25, -0.2) is 13.6 Å². The van der Waals surface area contributed by atoms with E-state index in [2.05, 4.69) is 19.5 Å². The number of nitrogens with one attached hydrogen (secondary N) is 1. The second kappa shape index (κ2) is 10.3. The molecular weight excluding hydrogens is 380 g/mol. The van der Waals surface area contributed by atoms with Crippen molar-refractivity contribution in [1.29, 1.82) is 0 Å². The molecule has 0 radical (unpaired) electrons. The first kappa shape index (κ1) is 23.0. The first-order chi connectivity index (χ1) is 13.2. The summed E-state index contributed by atoms with van der Waals surface area (Å²) in [5.41, 5.74) is 0.158. The normalized spacial score (nSPS) is 12.7. The number of rotatable bonds is 8. The summed E-state index contributed by atoms with van der Waals surface area (Å²) >= 11 is 0. The van der Waals surface area contributed by atoms with Crippen molar-refractivity contribution >= 4 is 23.8 Å². The molecule has 1 N–H and O–H groups in total. The van der Waals surface area contributed by atoms with Gasteiger partial charge in [0.1, 0.15) is 6.04 Å². The maximum Gasteiger partial charge on any atom is 0.328 e. The van der Waals surface area contributed by atoms with Gasteiger partial charge in [-0.05, 0) is 17.7 Å². The van der Waals surface area contributed by atoms with E-state index in [0.717, 1.165) is 33.5 Å². The van der Waals surface area contributed by atoms with Crippen LogP contribution in [0.1, 0.15) is 12.5 Å². The van der Waals surface area contributed by atoms with Crippen molar-refractivity contribution in [3.8, 4) is 0 Å². The lowest BCUT2D eigenvalue weighted by atomic mass is 9.87. The fraction of sp³-hybridized carbons (Fsp3) is 0.444. The van der Waals surface area contributed by atoms with Crippen LogP contribution in [0, 0.1) is 23.5 Å². The number of ether oxygens (including phenoxy) is 3. The highest BCUT2D eigenvalue weighted by molar-refractivity contribution is 5.96. The van der Waals surface area contributed by atoms with E-state index in [0.29, 0.717) is 0 Å². The number of carbonyl (C=O) groups excluding carboxylic acids is 4. The number of hydrogen-bond acceptors (Lipinski definition) is 7. The summed E-state index contributed by atoms with van der Waals surface area (Å²) in [5.74, 6) is -8.33. The third-order valence-electron chi connectivity index (χ3n) is 4.08. The molecule has 0 fully saturated rings. The van der Waals surface area contributed by atoms with Gasteiger partial charge in [-0.3, -0.25) is 14.4 Å². The van der Waals surface area contributed by atoms with Gasteiger partial charge in [-0.2, -0.15) is 0 Å². The standard InChI is InChI=1S/C18H21F2NO7/c1-9(14(16(23)26-2)17(24)27-3)15(18(25)28-4)21-13(22)8-10-5-6-11(19)12(20)7-10/h5-7,9,14-15H,8H2,1-4H3,(H,21,22)/t9-,15-/m0/s1. The van der Waals surface area contributed by atoms with Crippen LogP contribution in [-0.2, 0) is 39.8 Å². The molecule has 154 valence electrons. The topological polar surface area (TPSA) is 108 Å². The van der Waals surface area contributed by atoms with Gasteiger partial charge >= 0.3 is 17.9 Å². The van der Waals surface area contributed by atoms with Gasteiger partial charge in [0.05, 0.1) is 27.8 Å². The Labute approximate surface area is 160 Å². The highest BCUT2D eigenvalue weighted by Gasteiger charge is 2.42. The SMILES string of the molecule is COC(=O)C(C(=O)OC)[C@H](C)[C@H](NC(=O)Cc1ccc(F)c(F)c1)C(=O)OC. The molecule has 1 aromatic rings. The molecule has 2 atom stereocenters. The predicted octanol–water partition coefficient (Wildman–Crippen LogP) is 0.763. The van der Waals surface area contributed by atoms with E-state index < -0.39 is 53.3 Å². The summed E-state index contributed by atoms with van der Waals surface area (Å²) in [7, 11) is 3.18. The quantitative estimate of drug-likeness (QED) is 0.389. The van der Waals surface area contributed by atoms with Crippen LogP contribution in [0.4, 0.5) is 8.78 Å². The molecule has 28 heavy (non-hydrogen) atoms. The minimum Gasteiger partial charge on any atom is -0.468 e. The van der Waals surface area contributed by atoms with Gasteiger partial charge in [0.25, 0.3) is 0 Å². The predicted molar refractivity (Wildman–Crippen MR) is 90.7 cm³/mol. The Bertz CT molecular complexity index is 737. The van der Waals surface area contributed by atoms with Crippen LogP contribution in [0.5, 0.6) is 0 Å². The maximum atomic E-state index is 13.3. The van der Waals surface area contributed by atoms with Crippen molar-refractivity contribution in [3.05, 3.63) is 35.4 Å².